The molecular weight excluding hydrogens is 321 g/mol. The van der Waals surface area contributed by atoms with Crippen LogP contribution in [-0.4, -0.2) is 23.3 Å². The maximum absolute atomic E-state index is 13.4. The van der Waals surface area contributed by atoms with Gasteiger partial charge in [-0.15, -0.1) is 0 Å². The molecule has 7 heteroatoms. The van der Waals surface area contributed by atoms with Gasteiger partial charge in [-0.25, -0.2) is 4.39 Å². The molecule has 2 aromatic rings. The molecule has 5 nitrogen and oxygen atoms in total. The summed E-state index contributed by atoms with van der Waals surface area (Å²) in [5.41, 5.74) is 1.32. The van der Waals surface area contributed by atoms with E-state index in [1.165, 1.54) is 18.3 Å². The van der Waals surface area contributed by atoms with Crippen LogP contribution in [0.2, 0.25) is 5.02 Å². The lowest BCUT2D eigenvalue weighted by Gasteiger charge is -2.07. The maximum atomic E-state index is 13.4. The average Bonchev–Trinajstić information content (AvgIpc) is 2.53. The van der Waals surface area contributed by atoms with Crippen molar-refractivity contribution in [2.75, 3.05) is 6.54 Å². The van der Waals surface area contributed by atoms with Crippen LogP contribution in [0, 0.1) is 12.7 Å². The van der Waals surface area contributed by atoms with E-state index in [2.05, 4.69) is 15.6 Å². The fourth-order valence-electron chi connectivity index (χ4n) is 1.79. The molecular formula is C16H15ClFN3O2. The summed E-state index contributed by atoms with van der Waals surface area (Å²) in [6.45, 7) is 1.64. The second-order valence-electron chi connectivity index (χ2n) is 4.90. The van der Waals surface area contributed by atoms with Gasteiger partial charge in [-0.2, -0.15) is 0 Å². The Kier molecular flexibility index (Phi) is 5.65. The lowest BCUT2D eigenvalue weighted by molar-refractivity contribution is -0.120. The number of pyridine rings is 1. The highest BCUT2D eigenvalue weighted by atomic mass is 35.5. The smallest absolute Gasteiger partial charge is 0.270 e. The van der Waals surface area contributed by atoms with Gasteiger partial charge in [0.25, 0.3) is 5.91 Å². The first kappa shape index (κ1) is 16.9. The number of nitrogens with one attached hydrogen (secondary N) is 2. The molecule has 2 N–H and O–H groups in total. The third-order valence-electron chi connectivity index (χ3n) is 3.09. The number of amides is 2. The van der Waals surface area contributed by atoms with Crippen molar-refractivity contribution < 1.29 is 14.0 Å². The van der Waals surface area contributed by atoms with Crippen LogP contribution in [0.1, 0.15) is 21.6 Å². The summed E-state index contributed by atoms with van der Waals surface area (Å²) in [6.07, 6.45) is 1.41. The van der Waals surface area contributed by atoms with Gasteiger partial charge in [-0.1, -0.05) is 23.7 Å². The SMILES string of the molecule is Cc1ccc(CNC(=O)CNC(=O)c2cc(Cl)ccn2)cc1F. The number of halogens is 2. The van der Waals surface area contributed by atoms with E-state index >= 15 is 0 Å². The molecule has 0 atom stereocenters. The molecule has 0 bridgehead atoms. The van der Waals surface area contributed by atoms with Crippen LogP contribution < -0.4 is 10.6 Å². The van der Waals surface area contributed by atoms with E-state index in [0.717, 1.165) is 0 Å². The van der Waals surface area contributed by atoms with E-state index in [-0.39, 0.29) is 30.5 Å². The molecule has 2 amide bonds. The Morgan fingerprint density at radius 2 is 2.00 bits per heavy atom. The highest BCUT2D eigenvalue weighted by molar-refractivity contribution is 6.30. The number of benzene rings is 1. The lowest BCUT2D eigenvalue weighted by atomic mass is 10.1. The first-order valence-corrected chi connectivity index (χ1v) is 7.25. The van der Waals surface area contributed by atoms with Gasteiger partial charge >= 0.3 is 0 Å². The molecule has 2 rings (SSSR count). The second-order valence-corrected chi connectivity index (χ2v) is 5.34. The Morgan fingerprint density at radius 1 is 1.22 bits per heavy atom. The summed E-state index contributed by atoms with van der Waals surface area (Å²) >= 11 is 5.76. The monoisotopic (exact) mass is 335 g/mol. The Balaban J connectivity index is 1.81. The molecule has 1 aromatic carbocycles. The zero-order valence-corrected chi connectivity index (χ0v) is 13.2. The van der Waals surface area contributed by atoms with Crippen molar-refractivity contribution in [3.05, 3.63) is 64.2 Å². The fraction of sp³-hybridized carbons (Fsp3) is 0.188. The highest BCUT2D eigenvalue weighted by Crippen LogP contribution is 2.09. The topological polar surface area (TPSA) is 71.1 Å². The molecule has 0 saturated carbocycles. The molecule has 0 radical (unpaired) electrons. The van der Waals surface area contributed by atoms with Crippen LogP contribution in [-0.2, 0) is 11.3 Å². The highest BCUT2D eigenvalue weighted by Gasteiger charge is 2.09. The summed E-state index contributed by atoms with van der Waals surface area (Å²) in [5.74, 6) is -1.21. The maximum Gasteiger partial charge on any atom is 0.270 e. The summed E-state index contributed by atoms with van der Waals surface area (Å²) in [4.78, 5) is 27.4. The molecule has 0 saturated heterocycles. The number of rotatable bonds is 5. The zero-order valence-electron chi connectivity index (χ0n) is 12.4. The van der Waals surface area contributed by atoms with Crippen molar-refractivity contribution in [1.29, 1.82) is 0 Å². The summed E-state index contributed by atoms with van der Waals surface area (Å²) < 4.78 is 13.4. The number of hydrogen-bond acceptors (Lipinski definition) is 3. The molecule has 1 heterocycles. The summed E-state index contributed by atoms with van der Waals surface area (Å²) in [7, 11) is 0. The van der Waals surface area contributed by atoms with E-state index in [9.17, 15) is 14.0 Å². The quantitative estimate of drug-likeness (QED) is 0.880. The fourth-order valence-corrected chi connectivity index (χ4v) is 1.95. The molecule has 0 fully saturated rings. The lowest BCUT2D eigenvalue weighted by Crippen LogP contribution is -2.36. The number of hydrogen-bond donors (Lipinski definition) is 2. The van der Waals surface area contributed by atoms with E-state index < -0.39 is 5.91 Å². The van der Waals surface area contributed by atoms with Gasteiger partial charge < -0.3 is 10.6 Å². The van der Waals surface area contributed by atoms with Crippen molar-refractivity contribution in [3.8, 4) is 0 Å². The predicted molar refractivity (Wildman–Crippen MR) is 84.6 cm³/mol. The van der Waals surface area contributed by atoms with Gasteiger partial charge in [0.05, 0.1) is 6.54 Å². The van der Waals surface area contributed by atoms with Crippen molar-refractivity contribution in [2.45, 2.75) is 13.5 Å². The van der Waals surface area contributed by atoms with Crippen LogP contribution in [0.25, 0.3) is 0 Å². The van der Waals surface area contributed by atoms with Gasteiger partial charge in [0.1, 0.15) is 11.5 Å². The van der Waals surface area contributed by atoms with Gasteiger partial charge in [0.2, 0.25) is 5.91 Å². The van der Waals surface area contributed by atoms with Crippen LogP contribution in [0.3, 0.4) is 0 Å². The van der Waals surface area contributed by atoms with Crippen LogP contribution >= 0.6 is 11.6 Å². The van der Waals surface area contributed by atoms with Crippen LogP contribution in [0.5, 0.6) is 0 Å². The molecule has 0 aliphatic carbocycles. The van der Waals surface area contributed by atoms with Gasteiger partial charge in [0, 0.05) is 17.8 Å². The molecule has 1 aromatic heterocycles. The van der Waals surface area contributed by atoms with Gasteiger partial charge in [-0.3, -0.25) is 14.6 Å². The zero-order chi connectivity index (χ0) is 16.8. The van der Waals surface area contributed by atoms with E-state index in [4.69, 9.17) is 11.6 Å². The average molecular weight is 336 g/mol. The molecule has 120 valence electrons. The van der Waals surface area contributed by atoms with E-state index in [1.54, 1.807) is 25.1 Å². The van der Waals surface area contributed by atoms with Crippen LogP contribution in [0.15, 0.2) is 36.5 Å². The normalized spacial score (nSPS) is 10.2. The third kappa shape index (κ3) is 5.03. The van der Waals surface area contributed by atoms with Crippen molar-refractivity contribution >= 4 is 23.4 Å². The number of carbonyl (C=O) groups is 2. The predicted octanol–water partition coefficient (Wildman–Crippen LogP) is 2.23. The first-order valence-electron chi connectivity index (χ1n) is 6.87. The minimum atomic E-state index is -0.496. The largest absolute Gasteiger partial charge is 0.350 e. The van der Waals surface area contributed by atoms with E-state index in [1.807, 2.05) is 0 Å². The number of aryl methyl sites for hydroxylation is 1. The van der Waals surface area contributed by atoms with Gasteiger partial charge in [-0.05, 0) is 36.2 Å². The number of carbonyl (C=O) groups excluding carboxylic acids is 2. The Labute approximate surface area is 137 Å². The second kappa shape index (κ2) is 7.69. The standard InChI is InChI=1S/C16H15ClFN3O2/c1-10-2-3-11(6-13(10)18)8-20-15(22)9-21-16(23)14-7-12(17)4-5-19-14/h2-7H,8-9H2,1H3,(H,20,22)(H,21,23). The van der Waals surface area contributed by atoms with E-state index in [0.29, 0.717) is 16.1 Å². The summed E-state index contributed by atoms with van der Waals surface area (Å²) in [5, 5.41) is 5.42. The van der Waals surface area contributed by atoms with Gasteiger partial charge in [0.15, 0.2) is 0 Å². The Bertz CT molecular complexity index is 737. The van der Waals surface area contributed by atoms with Crippen molar-refractivity contribution in [3.63, 3.8) is 0 Å². The van der Waals surface area contributed by atoms with Crippen LogP contribution in [0.4, 0.5) is 4.39 Å². The van der Waals surface area contributed by atoms with Crippen molar-refractivity contribution in [2.24, 2.45) is 0 Å². The Hall–Kier alpha value is -2.47. The Morgan fingerprint density at radius 3 is 2.70 bits per heavy atom. The molecule has 0 spiro atoms. The molecule has 23 heavy (non-hydrogen) atoms. The third-order valence-corrected chi connectivity index (χ3v) is 3.33. The minimum absolute atomic E-state index is 0.130. The summed E-state index contributed by atoms with van der Waals surface area (Å²) in [6, 6.07) is 7.69. The minimum Gasteiger partial charge on any atom is -0.350 e. The molecule has 0 unspecified atom stereocenters. The molecule has 0 aliphatic heterocycles. The number of aromatic nitrogens is 1. The van der Waals surface area contributed by atoms with Crippen molar-refractivity contribution in [1.82, 2.24) is 15.6 Å². The first-order chi connectivity index (χ1) is 11.0. The molecule has 0 aliphatic rings. The number of nitrogens with zero attached hydrogens (tertiary/aromatic N) is 1.